The fourth-order valence-electron chi connectivity index (χ4n) is 1.15. The highest BCUT2D eigenvalue weighted by molar-refractivity contribution is 5.25. The average molecular weight is 163 g/mol. The molecule has 1 rings (SSSR count). The van der Waals surface area contributed by atoms with Crippen molar-refractivity contribution in [2.45, 2.75) is 32.8 Å². The molecule has 1 heteroatoms. The second kappa shape index (κ2) is 3.72. The van der Waals surface area contributed by atoms with Crippen molar-refractivity contribution in [1.82, 2.24) is 0 Å². The quantitative estimate of drug-likeness (QED) is 0.637. The molecule has 0 amide bonds. The third kappa shape index (κ3) is 2.08. The van der Waals surface area contributed by atoms with E-state index >= 15 is 0 Å². The Labute approximate surface area is 74.1 Å². The highest BCUT2D eigenvalue weighted by Crippen LogP contribution is 2.18. The van der Waals surface area contributed by atoms with E-state index in [9.17, 15) is 5.11 Å². The summed E-state index contributed by atoms with van der Waals surface area (Å²) >= 11 is 0. The Balaban J connectivity index is 2.86. The largest absolute Gasteiger partial charge is 0.228 e. The van der Waals surface area contributed by atoms with Crippen LogP contribution in [0.5, 0.6) is 0 Å². The third-order valence-corrected chi connectivity index (χ3v) is 2.07. The highest BCUT2D eigenvalue weighted by Gasteiger charge is 2.02. The van der Waals surface area contributed by atoms with Crippen LogP contribution in [0.1, 0.15) is 43.9 Å². The fraction of sp³-hybridized carbons (Fsp3) is 0.455. The smallest absolute Gasteiger partial charge is 0.115 e. The van der Waals surface area contributed by atoms with Crippen LogP contribution in [0, 0.1) is 0 Å². The summed E-state index contributed by atoms with van der Waals surface area (Å²) in [5, 5.41) is 11.0. The Morgan fingerprint density at radius 3 is 1.67 bits per heavy atom. The van der Waals surface area contributed by atoms with Crippen LogP contribution >= 0.6 is 0 Å². The van der Waals surface area contributed by atoms with E-state index < -0.39 is 6.10 Å². The van der Waals surface area contributed by atoms with Crippen LogP contribution in [0.2, 0.25) is 0 Å². The van der Waals surface area contributed by atoms with Crippen LogP contribution in [0.15, 0.2) is 24.3 Å². The van der Waals surface area contributed by atoms with Crippen molar-refractivity contribution in [2.75, 3.05) is 0 Å². The molecule has 0 aliphatic heterocycles. The number of benzene rings is 1. The predicted molar refractivity (Wildman–Crippen MR) is 49.6 cm³/mol. The van der Waals surface area contributed by atoms with E-state index in [0.29, 0.717) is 5.92 Å². The topological polar surface area (TPSA) is 19.9 Å². The van der Waals surface area contributed by atoms with Crippen LogP contribution in [-0.4, -0.2) is 0 Å². The minimum Gasteiger partial charge on any atom is -0.228 e. The van der Waals surface area contributed by atoms with Crippen LogP contribution < -0.4 is 0 Å². The molecule has 0 aliphatic rings. The summed E-state index contributed by atoms with van der Waals surface area (Å²) in [6, 6.07) is 7.92. The molecule has 0 saturated carbocycles. The maximum atomic E-state index is 11.0. The normalized spacial score (nSPS) is 13.4. The van der Waals surface area contributed by atoms with Gasteiger partial charge in [0.1, 0.15) is 6.10 Å². The number of hydrogen-bond acceptors (Lipinski definition) is 0. The van der Waals surface area contributed by atoms with Gasteiger partial charge in [0.15, 0.2) is 0 Å². The molecular weight excluding hydrogens is 148 g/mol. The van der Waals surface area contributed by atoms with Crippen LogP contribution in [-0.2, 0) is 5.11 Å². The highest BCUT2D eigenvalue weighted by atomic mass is 16.3. The Kier molecular flexibility index (Phi) is 2.88. The van der Waals surface area contributed by atoms with Crippen molar-refractivity contribution < 1.29 is 5.11 Å². The summed E-state index contributed by atoms with van der Waals surface area (Å²) in [7, 11) is 0. The first-order valence-electron chi connectivity index (χ1n) is 4.37. The lowest BCUT2D eigenvalue weighted by Gasteiger charge is -2.07. The molecule has 0 saturated heterocycles. The molecule has 1 unspecified atom stereocenters. The minimum atomic E-state index is -0.605. The summed E-state index contributed by atoms with van der Waals surface area (Å²) in [6.45, 7) is 5.97. The second-order valence-electron chi connectivity index (χ2n) is 3.46. The van der Waals surface area contributed by atoms with Crippen LogP contribution in [0.25, 0.3) is 0 Å². The minimum absolute atomic E-state index is 0.543. The zero-order valence-electron chi connectivity index (χ0n) is 7.87. The molecule has 12 heavy (non-hydrogen) atoms. The standard InChI is InChI=1S/C11H15O/c1-8(2)10-4-6-11(7-5-10)9(3)12/h4-9H,1-3H3. The molecule has 1 aromatic rings. The molecule has 0 fully saturated rings. The molecule has 0 N–H and O–H groups in total. The van der Waals surface area contributed by atoms with Gasteiger partial charge < -0.3 is 0 Å². The van der Waals surface area contributed by atoms with E-state index in [0.717, 1.165) is 5.56 Å². The molecule has 0 spiro atoms. The van der Waals surface area contributed by atoms with Gasteiger partial charge in [-0.05, 0) is 24.0 Å². The maximum Gasteiger partial charge on any atom is 0.115 e. The summed E-state index contributed by atoms with van der Waals surface area (Å²) < 4.78 is 0. The van der Waals surface area contributed by atoms with Crippen LogP contribution in [0.3, 0.4) is 0 Å². The molecule has 1 radical (unpaired) electrons. The summed E-state index contributed by atoms with van der Waals surface area (Å²) in [4.78, 5) is 0. The summed E-state index contributed by atoms with van der Waals surface area (Å²) in [5.74, 6) is 0.543. The molecule has 1 aromatic carbocycles. The van der Waals surface area contributed by atoms with Crippen molar-refractivity contribution >= 4 is 0 Å². The summed E-state index contributed by atoms with van der Waals surface area (Å²) in [6.07, 6.45) is -0.605. The van der Waals surface area contributed by atoms with Gasteiger partial charge in [0.25, 0.3) is 0 Å². The first kappa shape index (κ1) is 9.27. The molecule has 0 aromatic heterocycles. The van der Waals surface area contributed by atoms with E-state index in [1.165, 1.54) is 5.56 Å². The summed E-state index contributed by atoms with van der Waals surface area (Å²) in [5.41, 5.74) is 2.17. The molecular formula is C11H15O. The van der Waals surface area contributed by atoms with Gasteiger partial charge in [0, 0.05) is 0 Å². The molecule has 0 heterocycles. The lowest BCUT2D eigenvalue weighted by atomic mass is 10.0. The van der Waals surface area contributed by atoms with Crippen molar-refractivity contribution in [3.05, 3.63) is 35.4 Å². The monoisotopic (exact) mass is 163 g/mol. The van der Waals surface area contributed by atoms with Gasteiger partial charge in [-0.25, -0.2) is 5.11 Å². The van der Waals surface area contributed by atoms with Gasteiger partial charge in [0.05, 0.1) is 0 Å². The van der Waals surface area contributed by atoms with Gasteiger partial charge in [-0.3, -0.25) is 0 Å². The Morgan fingerprint density at radius 2 is 1.33 bits per heavy atom. The van der Waals surface area contributed by atoms with Crippen molar-refractivity contribution in [3.63, 3.8) is 0 Å². The van der Waals surface area contributed by atoms with E-state index in [2.05, 4.69) is 13.8 Å². The zero-order valence-corrected chi connectivity index (χ0v) is 7.87. The first-order chi connectivity index (χ1) is 5.61. The van der Waals surface area contributed by atoms with E-state index in [-0.39, 0.29) is 0 Å². The molecule has 65 valence electrons. The predicted octanol–water partition coefficient (Wildman–Crippen LogP) is 3.30. The second-order valence-corrected chi connectivity index (χ2v) is 3.46. The Bertz CT molecular complexity index is 207. The molecule has 1 nitrogen and oxygen atoms in total. The van der Waals surface area contributed by atoms with Crippen LogP contribution in [0.4, 0.5) is 0 Å². The fourth-order valence-corrected chi connectivity index (χ4v) is 1.15. The van der Waals surface area contributed by atoms with E-state index in [1.54, 1.807) is 6.92 Å². The molecule has 0 bridgehead atoms. The maximum absolute atomic E-state index is 11.0. The zero-order chi connectivity index (χ0) is 9.14. The SMILES string of the molecule is CC(C)c1ccc(C(C)[O])cc1. The van der Waals surface area contributed by atoms with Crippen molar-refractivity contribution in [3.8, 4) is 0 Å². The first-order valence-corrected chi connectivity index (χ1v) is 4.37. The van der Waals surface area contributed by atoms with Gasteiger partial charge in [-0.15, -0.1) is 0 Å². The van der Waals surface area contributed by atoms with E-state index in [4.69, 9.17) is 0 Å². The van der Waals surface area contributed by atoms with Gasteiger partial charge in [-0.2, -0.15) is 0 Å². The third-order valence-electron chi connectivity index (χ3n) is 2.07. The number of rotatable bonds is 2. The van der Waals surface area contributed by atoms with Gasteiger partial charge in [-0.1, -0.05) is 38.1 Å². The van der Waals surface area contributed by atoms with E-state index in [1.807, 2.05) is 24.3 Å². The van der Waals surface area contributed by atoms with Crippen molar-refractivity contribution in [2.24, 2.45) is 0 Å². The Morgan fingerprint density at radius 1 is 0.917 bits per heavy atom. The lowest BCUT2D eigenvalue weighted by Crippen LogP contribution is -1.91. The lowest BCUT2D eigenvalue weighted by molar-refractivity contribution is 0.106. The average Bonchev–Trinajstić information content (AvgIpc) is 2.04. The van der Waals surface area contributed by atoms with Gasteiger partial charge >= 0.3 is 0 Å². The molecule has 0 aliphatic carbocycles. The number of hydrogen-bond donors (Lipinski definition) is 0. The van der Waals surface area contributed by atoms with Gasteiger partial charge in [0.2, 0.25) is 0 Å². The van der Waals surface area contributed by atoms with Crippen molar-refractivity contribution in [1.29, 1.82) is 0 Å². The molecule has 1 atom stereocenters. The Hall–Kier alpha value is -0.820.